The molecule has 8 nitrogen and oxygen atoms in total. The molecule has 10 heteroatoms. The fraction of sp³-hybridized carbons (Fsp3) is 0.500. The van der Waals surface area contributed by atoms with Crippen molar-refractivity contribution >= 4 is 27.3 Å². The predicted molar refractivity (Wildman–Crippen MR) is 105 cm³/mol. The summed E-state index contributed by atoms with van der Waals surface area (Å²) in [6.07, 6.45) is 3.26. The summed E-state index contributed by atoms with van der Waals surface area (Å²) in [5, 5.41) is 9.31. The van der Waals surface area contributed by atoms with Gasteiger partial charge in [-0.05, 0) is 12.0 Å². The van der Waals surface area contributed by atoms with Crippen molar-refractivity contribution in [2.24, 2.45) is 12.0 Å². The minimum absolute atomic E-state index is 0.257. The van der Waals surface area contributed by atoms with Crippen molar-refractivity contribution in [3.8, 4) is 0 Å². The molecule has 144 valence electrons. The van der Waals surface area contributed by atoms with Gasteiger partial charge in [-0.2, -0.15) is 0 Å². The normalized spacial score (nSPS) is 12.6. The number of hydrogen-bond donors (Lipinski definition) is 3. The van der Waals surface area contributed by atoms with Crippen LogP contribution in [0.2, 0.25) is 0 Å². The Hall–Kier alpha value is -1.91. The lowest BCUT2D eigenvalue weighted by Gasteiger charge is -2.11. The molecule has 0 aliphatic carbocycles. The molecule has 0 aromatic carbocycles. The van der Waals surface area contributed by atoms with Crippen molar-refractivity contribution in [2.75, 3.05) is 20.1 Å². The highest BCUT2D eigenvalue weighted by atomic mass is 32.2. The Morgan fingerprint density at radius 2 is 2.12 bits per heavy atom. The number of rotatable bonds is 8. The molecule has 0 radical (unpaired) electrons. The second kappa shape index (κ2) is 9.15. The Morgan fingerprint density at radius 3 is 2.69 bits per heavy atom. The number of nitrogens with one attached hydrogen (secondary N) is 3. The molecule has 0 aliphatic heterocycles. The van der Waals surface area contributed by atoms with E-state index >= 15 is 0 Å². The first kappa shape index (κ1) is 20.4. The minimum atomic E-state index is -3.48. The van der Waals surface area contributed by atoms with Crippen molar-refractivity contribution in [2.45, 2.75) is 31.2 Å². The minimum Gasteiger partial charge on any atom is -0.356 e. The van der Waals surface area contributed by atoms with Gasteiger partial charge in [0.05, 0.1) is 17.1 Å². The highest BCUT2D eigenvalue weighted by Crippen LogP contribution is 2.17. The molecular weight excluding hydrogens is 372 g/mol. The van der Waals surface area contributed by atoms with E-state index in [1.54, 1.807) is 48.5 Å². The number of nitrogens with zero attached hydrogens (tertiary/aromatic N) is 3. The van der Waals surface area contributed by atoms with Gasteiger partial charge in [0.2, 0.25) is 10.0 Å². The molecular formula is C16H26N6O2S2. The van der Waals surface area contributed by atoms with Gasteiger partial charge >= 0.3 is 0 Å². The molecule has 2 heterocycles. The summed E-state index contributed by atoms with van der Waals surface area (Å²) in [4.78, 5) is 8.95. The van der Waals surface area contributed by atoms with Crippen molar-refractivity contribution in [3.63, 3.8) is 0 Å². The van der Waals surface area contributed by atoms with Gasteiger partial charge in [-0.3, -0.25) is 4.99 Å². The van der Waals surface area contributed by atoms with Gasteiger partial charge in [-0.25, -0.2) is 18.1 Å². The van der Waals surface area contributed by atoms with Crippen LogP contribution < -0.4 is 15.4 Å². The van der Waals surface area contributed by atoms with E-state index in [0.29, 0.717) is 25.0 Å². The van der Waals surface area contributed by atoms with Crippen LogP contribution in [0.1, 0.15) is 30.5 Å². The zero-order valence-electron chi connectivity index (χ0n) is 15.5. The van der Waals surface area contributed by atoms with Gasteiger partial charge in [0, 0.05) is 45.0 Å². The third-order valence-corrected chi connectivity index (χ3v) is 5.93. The lowest BCUT2D eigenvalue weighted by Crippen LogP contribution is -2.41. The van der Waals surface area contributed by atoms with Gasteiger partial charge in [-0.15, -0.1) is 11.3 Å². The SMILES string of the molecule is CN=C(NCCNS(=O)(=O)c1ccn(C)c1)NCc1nc(C(C)C)cs1. The van der Waals surface area contributed by atoms with E-state index in [0.717, 1.165) is 10.7 Å². The number of thiazole rings is 1. The van der Waals surface area contributed by atoms with Crippen LogP contribution in [0.25, 0.3) is 0 Å². The molecule has 2 rings (SSSR count). The molecule has 0 aliphatic rings. The van der Waals surface area contributed by atoms with Crippen molar-refractivity contribution in [1.29, 1.82) is 0 Å². The summed E-state index contributed by atoms with van der Waals surface area (Å²) in [5.74, 6) is 1.01. The molecule has 0 saturated carbocycles. The van der Waals surface area contributed by atoms with Crippen molar-refractivity contribution < 1.29 is 8.42 Å². The van der Waals surface area contributed by atoms with E-state index in [1.165, 1.54) is 0 Å². The summed E-state index contributed by atoms with van der Waals surface area (Å²) < 4.78 is 28.5. The number of sulfonamides is 1. The highest BCUT2D eigenvalue weighted by molar-refractivity contribution is 7.89. The van der Waals surface area contributed by atoms with Gasteiger partial charge in [-0.1, -0.05) is 13.8 Å². The zero-order valence-corrected chi connectivity index (χ0v) is 17.1. The van der Waals surface area contributed by atoms with Gasteiger partial charge in [0.1, 0.15) is 5.01 Å². The number of aryl methyl sites for hydroxylation is 1. The molecule has 2 aromatic heterocycles. The second-order valence-corrected chi connectivity index (χ2v) is 8.79. The Labute approximate surface area is 158 Å². The van der Waals surface area contributed by atoms with Crippen LogP contribution in [0.3, 0.4) is 0 Å². The standard InChI is InChI=1S/C16H26N6O2S2/c1-12(2)14-11-25-15(21-14)9-19-16(17-3)18-6-7-20-26(23,24)13-5-8-22(4)10-13/h5,8,10-12,20H,6-7,9H2,1-4H3,(H2,17,18,19). The maximum Gasteiger partial charge on any atom is 0.242 e. The molecule has 0 amide bonds. The van der Waals surface area contributed by atoms with Gasteiger partial charge in [0.15, 0.2) is 5.96 Å². The molecule has 0 bridgehead atoms. The fourth-order valence-corrected chi connectivity index (χ4v) is 4.12. The summed E-state index contributed by atoms with van der Waals surface area (Å²) in [6, 6.07) is 1.57. The summed E-state index contributed by atoms with van der Waals surface area (Å²) in [5.41, 5.74) is 1.09. The summed E-state index contributed by atoms with van der Waals surface area (Å²) in [7, 11) is -0.0322. The maximum atomic E-state index is 12.1. The van der Waals surface area contributed by atoms with E-state index in [2.05, 4.69) is 44.6 Å². The molecule has 26 heavy (non-hydrogen) atoms. The quantitative estimate of drug-likeness (QED) is 0.353. The van der Waals surface area contributed by atoms with Crippen LogP contribution in [0.4, 0.5) is 0 Å². The van der Waals surface area contributed by atoms with Gasteiger partial charge in [0.25, 0.3) is 0 Å². The Kier molecular flexibility index (Phi) is 7.18. The Balaban J connectivity index is 1.75. The van der Waals surface area contributed by atoms with Crippen LogP contribution >= 0.6 is 11.3 Å². The Bertz CT molecular complexity index is 839. The molecule has 3 N–H and O–H groups in total. The molecule has 0 atom stereocenters. The number of aliphatic imine (C=N–C) groups is 1. The van der Waals surface area contributed by atoms with Crippen LogP contribution in [-0.2, 0) is 23.6 Å². The highest BCUT2D eigenvalue weighted by Gasteiger charge is 2.14. The van der Waals surface area contributed by atoms with E-state index < -0.39 is 10.0 Å². The van der Waals surface area contributed by atoms with Crippen LogP contribution in [0, 0.1) is 0 Å². The monoisotopic (exact) mass is 398 g/mol. The molecule has 0 spiro atoms. The maximum absolute atomic E-state index is 12.1. The van der Waals surface area contributed by atoms with Crippen LogP contribution in [-0.4, -0.2) is 44.1 Å². The number of hydrogen-bond acceptors (Lipinski definition) is 5. The lowest BCUT2D eigenvalue weighted by atomic mass is 10.2. The third-order valence-electron chi connectivity index (χ3n) is 3.62. The second-order valence-electron chi connectivity index (χ2n) is 6.08. The number of guanidine groups is 1. The van der Waals surface area contributed by atoms with E-state index in [-0.39, 0.29) is 11.4 Å². The Morgan fingerprint density at radius 1 is 1.35 bits per heavy atom. The van der Waals surface area contributed by atoms with Crippen molar-refractivity contribution in [1.82, 2.24) is 24.9 Å². The first-order valence-corrected chi connectivity index (χ1v) is 10.7. The predicted octanol–water partition coefficient (Wildman–Crippen LogP) is 1.25. The molecule has 0 saturated heterocycles. The van der Waals surface area contributed by atoms with Crippen LogP contribution in [0.15, 0.2) is 33.7 Å². The van der Waals surface area contributed by atoms with E-state index in [9.17, 15) is 8.42 Å². The number of aromatic nitrogens is 2. The average molecular weight is 399 g/mol. The molecule has 2 aromatic rings. The van der Waals surface area contributed by atoms with E-state index in [4.69, 9.17) is 0 Å². The topological polar surface area (TPSA) is 100 Å². The molecule has 0 unspecified atom stereocenters. The third kappa shape index (κ3) is 5.82. The fourth-order valence-electron chi connectivity index (χ4n) is 2.14. The van der Waals surface area contributed by atoms with Crippen molar-refractivity contribution in [3.05, 3.63) is 34.5 Å². The lowest BCUT2D eigenvalue weighted by molar-refractivity contribution is 0.580. The first-order valence-electron chi connectivity index (χ1n) is 8.32. The summed E-state index contributed by atoms with van der Waals surface area (Å²) >= 11 is 1.61. The van der Waals surface area contributed by atoms with E-state index in [1.807, 2.05) is 0 Å². The smallest absolute Gasteiger partial charge is 0.242 e. The molecule has 0 fully saturated rings. The van der Waals surface area contributed by atoms with Gasteiger partial charge < -0.3 is 15.2 Å². The summed E-state index contributed by atoms with van der Waals surface area (Å²) in [6.45, 7) is 5.48. The first-order chi connectivity index (χ1) is 12.3. The largest absolute Gasteiger partial charge is 0.356 e. The zero-order chi connectivity index (χ0) is 19.2. The average Bonchev–Trinajstić information content (AvgIpc) is 3.23. The van der Waals surface area contributed by atoms with Crippen LogP contribution in [0.5, 0.6) is 0 Å².